The number of fused-ring (bicyclic) bond motifs is 2. The fourth-order valence-corrected chi connectivity index (χ4v) is 5.11. The zero-order valence-electron chi connectivity index (χ0n) is 15.3. The molecule has 0 unspecified atom stereocenters. The highest BCUT2D eigenvalue weighted by Crippen LogP contribution is 2.33. The molecule has 1 aromatic rings. The molecule has 2 amide bonds. The standard InChI is InChI=1S/C20H24ClN3O3/c21-18-3-1-2-13-7-23(11-17(13)18)15-9-24(10-15)20(26)22-5-4-19-14(8-22)6-16(25)12-27-19/h1-3,14-15,19H,4-12H2/t14-,19+/m1/s1. The lowest BCUT2D eigenvalue weighted by atomic mass is 9.88. The Labute approximate surface area is 164 Å². The van der Waals surface area contributed by atoms with Gasteiger partial charge in [0.2, 0.25) is 0 Å². The van der Waals surface area contributed by atoms with Crippen LogP contribution in [0.4, 0.5) is 4.79 Å². The van der Waals surface area contributed by atoms with Crippen LogP contribution in [0.3, 0.4) is 0 Å². The Bertz CT molecular complexity index is 780. The number of nitrogens with zero attached hydrogens (tertiary/aromatic N) is 3. The van der Waals surface area contributed by atoms with Gasteiger partial charge in [-0.25, -0.2) is 4.79 Å². The van der Waals surface area contributed by atoms with E-state index < -0.39 is 0 Å². The Morgan fingerprint density at radius 1 is 1.15 bits per heavy atom. The number of carbonyl (C=O) groups is 2. The molecule has 0 radical (unpaired) electrons. The van der Waals surface area contributed by atoms with Gasteiger partial charge in [0, 0.05) is 62.7 Å². The fourth-order valence-electron chi connectivity index (χ4n) is 4.86. The first-order valence-corrected chi connectivity index (χ1v) is 10.1. The molecule has 0 N–H and O–H groups in total. The number of Topliss-reactive ketones (excluding diaryl/α,β-unsaturated/α-hetero) is 1. The zero-order valence-corrected chi connectivity index (χ0v) is 16.0. The molecule has 5 rings (SSSR count). The number of amides is 2. The minimum absolute atomic E-state index is 0.109. The molecule has 3 fully saturated rings. The van der Waals surface area contributed by atoms with Crippen LogP contribution in [0.1, 0.15) is 24.0 Å². The number of urea groups is 1. The van der Waals surface area contributed by atoms with E-state index in [0.717, 1.165) is 44.2 Å². The van der Waals surface area contributed by atoms with Crippen molar-refractivity contribution < 1.29 is 14.3 Å². The minimum Gasteiger partial charge on any atom is -0.370 e. The van der Waals surface area contributed by atoms with Crippen molar-refractivity contribution >= 4 is 23.4 Å². The van der Waals surface area contributed by atoms with Crippen LogP contribution < -0.4 is 0 Å². The van der Waals surface area contributed by atoms with Gasteiger partial charge in [0.1, 0.15) is 6.61 Å². The second-order valence-corrected chi connectivity index (χ2v) is 8.62. The van der Waals surface area contributed by atoms with Crippen molar-refractivity contribution in [3.63, 3.8) is 0 Å². The Kier molecular flexibility index (Phi) is 4.37. The summed E-state index contributed by atoms with van der Waals surface area (Å²) < 4.78 is 5.63. The molecule has 27 heavy (non-hydrogen) atoms. The lowest BCUT2D eigenvalue weighted by Crippen LogP contribution is -2.64. The molecule has 3 saturated heterocycles. The molecule has 4 aliphatic heterocycles. The van der Waals surface area contributed by atoms with Crippen LogP contribution in [0.15, 0.2) is 18.2 Å². The summed E-state index contributed by atoms with van der Waals surface area (Å²) in [7, 11) is 0. The van der Waals surface area contributed by atoms with E-state index in [0.29, 0.717) is 19.0 Å². The minimum atomic E-state index is 0.109. The van der Waals surface area contributed by atoms with Gasteiger partial charge in [-0.05, 0) is 23.6 Å². The molecule has 4 aliphatic rings. The van der Waals surface area contributed by atoms with Crippen molar-refractivity contribution in [3.8, 4) is 0 Å². The Hall–Kier alpha value is -1.63. The summed E-state index contributed by atoms with van der Waals surface area (Å²) in [5, 5.41) is 0.842. The molecule has 6 nitrogen and oxygen atoms in total. The Morgan fingerprint density at radius 3 is 2.81 bits per heavy atom. The lowest BCUT2D eigenvalue weighted by molar-refractivity contribution is -0.140. The van der Waals surface area contributed by atoms with Crippen molar-refractivity contribution in [1.29, 1.82) is 0 Å². The third-order valence-corrected chi connectivity index (χ3v) is 6.84. The molecule has 0 saturated carbocycles. The summed E-state index contributed by atoms with van der Waals surface area (Å²) in [4.78, 5) is 30.8. The maximum Gasteiger partial charge on any atom is 0.320 e. The number of carbonyl (C=O) groups excluding carboxylic acids is 2. The molecule has 2 atom stereocenters. The van der Waals surface area contributed by atoms with E-state index in [1.165, 1.54) is 11.1 Å². The summed E-state index contributed by atoms with van der Waals surface area (Å²) in [5.74, 6) is 0.318. The molecule has 0 spiro atoms. The number of rotatable bonds is 1. The van der Waals surface area contributed by atoms with Gasteiger partial charge in [-0.1, -0.05) is 23.7 Å². The average Bonchev–Trinajstić information content (AvgIpc) is 3.05. The first-order chi connectivity index (χ1) is 13.1. The van der Waals surface area contributed by atoms with E-state index in [1.807, 2.05) is 21.9 Å². The highest BCUT2D eigenvalue weighted by Gasteiger charge is 2.42. The number of hydrogen-bond donors (Lipinski definition) is 0. The lowest BCUT2D eigenvalue weighted by Gasteiger charge is -2.48. The SMILES string of the molecule is O=C1CO[C@H]2CCN(C(=O)N3CC(N4Cc5cccc(Cl)c5C4)C3)C[C@H]2C1. The van der Waals surface area contributed by atoms with E-state index >= 15 is 0 Å². The van der Waals surface area contributed by atoms with Crippen LogP contribution in [-0.4, -0.2) is 71.4 Å². The maximum atomic E-state index is 12.9. The van der Waals surface area contributed by atoms with Gasteiger partial charge >= 0.3 is 6.03 Å². The predicted octanol–water partition coefficient (Wildman–Crippen LogP) is 2.14. The highest BCUT2D eigenvalue weighted by atomic mass is 35.5. The number of ether oxygens (including phenoxy) is 1. The van der Waals surface area contributed by atoms with Gasteiger partial charge in [0.15, 0.2) is 5.78 Å². The van der Waals surface area contributed by atoms with Crippen molar-refractivity contribution in [2.75, 3.05) is 32.8 Å². The summed E-state index contributed by atoms with van der Waals surface area (Å²) in [5.41, 5.74) is 2.53. The number of benzene rings is 1. The van der Waals surface area contributed by atoms with Crippen LogP contribution >= 0.6 is 11.6 Å². The normalized spacial score (nSPS) is 28.7. The van der Waals surface area contributed by atoms with Crippen LogP contribution in [0.2, 0.25) is 5.02 Å². The molecule has 0 bridgehead atoms. The topological polar surface area (TPSA) is 53.1 Å². The van der Waals surface area contributed by atoms with Gasteiger partial charge in [-0.2, -0.15) is 0 Å². The summed E-state index contributed by atoms with van der Waals surface area (Å²) >= 11 is 6.32. The zero-order chi connectivity index (χ0) is 18.5. The number of hydrogen-bond acceptors (Lipinski definition) is 4. The van der Waals surface area contributed by atoms with Crippen molar-refractivity contribution in [2.45, 2.75) is 38.1 Å². The molecule has 0 aliphatic carbocycles. The van der Waals surface area contributed by atoms with E-state index in [-0.39, 0.29) is 30.4 Å². The van der Waals surface area contributed by atoms with Crippen LogP contribution in [0.5, 0.6) is 0 Å². The number of halogens is 1. The molecule has 1 aromatic carbocycles. The summed E-state index contributed by atoms with van der Waals surface area (Å²) in [6.45, 7) is 4.92. The second kappa shape index (κ2) is 6.76. The van der Waals surface area contributed by atoms with Gasteiger partial charge in [-0.15, -0.1) is 0 Å². The number of ketones is 1. The molecule has 0 aromatic heterocycles. The number of piperidine rings is 1. The van der Waals surface area contributed by atoms with Crippen LogP contribution in [0, 0.1) is 5.92 Å². The smallest absolute Gasteiger partial charge is 0.320 e. The highest BCUT2D eigenvalue weighted by molar-refractivity contribution is 6.31. The van der Waals surface area contributed by atoms with E-state index in [1.54, 1.807) is 0 Å². The monoisotopic (exact) mass is 389 g/mol. The summed E-state index contributed by atoms with van der Waals surface area (Å²) in [6.07, 6.45) is 1.52. The Morgan fingerprint density at radius 2 is 2.00 bits per heavy atom. The molecule has 4 heterocycles. The van der Waals surface area contributed by atoms with Crippen LogP contribution in [-0.2, 0) is 22.6 Å². The maximum absolute atomic E-state index is 12.9. The van der Waals surface area contributed by atoms with Crippen LogP contribution in [0.25, 0.3) is 0 Å². The third kappa shape index (κ3) is 3.13. The summed E-state index contributed by atoms with van der Waals surface area (Å²) in [6, 6.07) is 6.60. The van der Waals surface area contributed by atoms with Gasteiger partial charge < -0.3 is 14.5 Å². The van der Waals surface area contributed by atoms with Gasteiger partial charge in [0.05, 0.1) is 6.10 Å². The van der Waals surface area contributed by atoms with E-state index in [9.17, 15) is 9.59 Å². The first-order valence-electron chi connectivity index (χ1n) is 9.76. The quantitative estimate of drug-likeness (QED) is 0.738. The largest absolute Gasteiger partial charge is 0.370 e. The molecule has 144 valence electrons. The average molecular weight is 390 g/mol. The fraction of sp³-hybridized carbons (Fsp3) is 0.600. The van der Waals surface area contributed by atoms with E-state index in [2.05, 4.69) is 11.0 Å². The second-order valence-electron chi connectivity index (χ2n) is 8.21. The predicted molar refractivity (Wildman–Crippen MR) is 101 cm³/mol. The molecular weight excluding hydrogens is 366 g/mol. The first kappa shape index (κ1) is 17.5. The molecular formula is C20H24ClN3O3. The van der Waals surface area contributed by atoms with Crippen molar-refractivity contribution in [2.24, 2.45) is 5.92 Å². The van der Waals surface area contributed by atoms with Gasteiger partial charge in [0.25, 0.3) is 0 Å². The number of likely N-dealkylation sites (tertiary alicyclic amines) is 2. The Balaban J connectivity index is 1.15. The van der Waals surface area contributed by atoms with Crippen molar-refractivity contribution in [1.82, 2.24) is 14.7 Å². The van der Waals surface area contributed by atoms with E-state index in [4.69, 9.17) is 16.3 Å². The van der Waals surface area contributed by atoms with Crippen molar-refractivity contribution in [3.05, 3.63) is 34.3 Å². The third-order valence-electron chi connectivity index (χ3n) is 6.48. The molecule has 7 heteroatoms. The van der Waals surface area contributed by atoms with Gasteiger partial charge in [-0.3, -0.25) is 9.69 Å².